The summed E-state index contributed by atoms with van der Waals surface area (Å²) in [7, 11) is 1.41. The Balaban J connectivity index is 2.55. The maximum atomic E-state index is 11.4. The summed E-state index contributed by atoms with van der Waals surface area (Å²) >= 11 is 0. The lowest BCUT2D eigenvalue weighted by molar-refractivity contribution is -0.176. The third-order valence-electron chi connectivity index (χ3n) is 1.50. The summed E-state index contributed by atoms with van der Waals surface area (Å²) < 4.78 is 0. The number of nitrogens with zero attached hydrogens (tertiary/aromatic N) is 1. The largest absolute Gasteiger partial charge is 0.351 e. The molecule has 5 heteroatoms. The van der Waals surface area contributed by atoms with Crippen molar-refractivity contribution in [2.45, 2.75) is 0 Å². The van der Waals surface area contributed by atoms with Gasteiger partial charge in [0, 0.05) is 12.6 Å². The van der Waals surface area contributed by atoms with E-state index in [-0.39, 0.29) is 12.4 Å². The Kier molecular flexibility index (Phi) is 3.63. The zero-order valence-corrected chi connectivity index (χ0v) is 7.64. The Morgan fingerprint density at radius 3 is 2.64 bits per heavy atom. The molecule has 0 saturated carbocycles. The molecule has 0 aromatic heterocycles. The predicted octanol–water partition coefficient (Wildman–Crippen LogP) is 0.351. The van der Waals surface area contributed by atoms with Gasteiger partial charge in [-0.3, -0.25) is 15.0 Å². The SMILES string of the molecule is CN(NC(=O)c1ccccc1)OC=O. The highest BCUT2D eigenvalue weighted by Crippen LogP contribution is 1.97. The van der Waals surface area contributed by atoms with Crippen LogP contribution in [0.3, 0.4) is 0 Å². The number of carbonyl (C=O) groups is 2. The molecule has 1 aromatic carbocycles. The maximum absolute atomic E-state index is 11.4. The van der Waals surface area contributed by atoms with Gasteiger partial charge in [0.2, 0.25) is 0 Å². The topological polar surface area (TPSA) is 58.6 Å². The van der Waals surface area contributed by atoms with Gasteiger partial charge in [0.05, 0.1) is 0 Å². The first-order valence-electron chi connectivity index (χ1n) is 3.94. The van der Waals surface area contributed by atoms with Crippen LogP contribution in [0.4, 0.5) is 0 Å². The standard InChI is InChI=1S/C9H10N2O3/c1-11(14-7-12)10-9(13)8-5-3-2-4-6-8/h2-7H,1H3,(H,10,13). The molecule has 1 N–H and O–H groups in total. The molecule has 1 rings (SSSR count). The first-order chi connectivity index (χ1) is 6.74. The Morgan fingerprint density at radius 2 is 2.07 bits per heavy atom. The predicted molar refractivity (Wildman–Crippen MR) is 48.8 cm³/mol. The van der Waals surface area contributed by atoms with Gasteiger partial charge in [0.25, 0.3) is 5.91 Å². The number of hydrogen-bond donors (Lipinski definition) is 1. The summed E-state index contributed by atoms with van der Waals surface area (Å²) in [4.78, 5) is 25.7. The van der Waals surface area contributed by atoms with Gasteiger partial charge >= 0.3 is 6.47 Å². The van der Waals surface area contributed by atoms with Crippen molar-refractivity contribution in [2.75, 3.05) is 7.05 Å². The van der Waals surface area contributed by atoms with Crippen LogP contribution in [0.1, 0.15) is 10.4 Å². The lowest BCUT2D eigenvalue weighted by Crippen LogP contribution is -2.38. The average Bonchev–Trinajstić information content (AvgIpc) is 2.19. The van der Waals surface area contributed by atoms with Gasteiger partial charge in [-0.15, -0.1) is 0 Å². The van der Waals surface area contributed by atoms with Crippen molar-refractivity contribution < 1.29 is 14.4 Å². The molecule has 0 aliphatic carbocycles. The highest BCUT2D eigenvalue weighted by Gasteiger charge is 2.06. The molecule has 0 unspecified atom stereocenters. The van der Waals surface area contributed by atoms with Gasteiger partial charge in [-0.25, -0.2) is 0 Å². The van der Waals surface area contributed by atoms with Gasteiger partial charge in [0.15, 0.2) is 0 Å². The Morgan fingerprint density at radius 1 is 1.43 bits per heavy atom. The molecule has 74 valence electrons. The average molecular weight is 194 g/mol. The van der Waals surface area contributed by atoms with Crippen LogP contribution in [-0.2, 0) is 9.63 Å². The molecule has 0 aliphatic rings. The van der Waals surface area contributed by atoms with Crippen LogP contribution in [0.5, 0.6) is 0 Å². The van der Waals surface area contributed by atoms with Crippen molar-refractivity contribution in [1.29, 1.82) is 0 Å². The summed E-state index contributed by atoms with van der Waals surface area (Å²) in [6, 6.07) is 8.61. The van der Waals surface area contributed by atoms with Crippen LogP contribution >= 0.6 is 0 Å². The first-order valence-corrected chi connectivity index (χ1v) is 3.94. The molecular formula is C9H10N2O3. The van der Waals surface area contributed by atoms with E-state index in [0.717, 1.165) is 5.17 Å². The van der Waals surface area contributed by atoms with E-state index >= 15 is 0 Å². The van der Waals surface area contributed by atoms with Crippen molar-refractivity contribution in [1.82, 2.24) is 10.6 Å². The fraction of sp³-hybridized carbons (Fsp3) is 0.111. The van der Waals surface area contributed by atoms with Crippen LogP contribution in [0.15, 0.2) is 30.3 Å². The van der Waals surface area contributed by atoms with Crippen molar-refractivity contribution in [3.8, 4) is 0 Å². The molecule has 1 aromatic rings. The number of nitrogens with one attached hydrogen (secondary N) is 1. The quantitative estimate of drug-likeness (QED) is 0.555. The Hall–Kier alpha value is -1.88. The number of hydrogen-bond acceptors (Lipinski definition) is 4. The minimum Gasteiger partial charge on any atom is -0.351 e. The number of benzene rings is 1. The fourth-order valence-corrected chi connectivity index (χ4v) is 0.888. The van der Waals surface area contributed by atoms with E-state index in [4.69, 9.17) is 0 Å². The molecule has 0 atom stereocenters. The third-order valence-corrected chi connectivity index (χ3v) is 1.50. The molecule has 14 heavy (non-hydrogen) atoms. The van der Waals surface area contributed by atoms with Crippen LogP contribution < -0.4 is 5.43 Å². The molecule has 0 fully saturated rings. The highest BCUT2D eigenvalue weighted by atomic mass is 16.7. The third kappa shape index (κ3) is 2.87. The number of hydroxylamine groups is 1. The lowest BCUT2D eigenvalue weighted by atomic mass is 10.2. The fourth-order valence-electron chi connectivity index (χ4n) is 0.888. The van der Waals surface area contributed by atoms with Crippen LogP contribution in [0, 0.1) is 0 Å². The van der Waals surface area contributed by atoms with E-state index in [0.29, 0.717) is 5.56 Å². The number of rotatable bonds is 4. The first kappa shape index (κ1) is 10.2. The number of carbonyl (C=O) groups excluding carboxylic acids is 2. The summed E-state index contributed by atoms with van der Waals surface area (Å²) in [5.41, 5.74) is 2.83. The van der Waals surface area contributed by atoms with Crippen molar-refractivity contribution in [3.05, 3.63) is 35.9 Å². The molecule has 1 amide bonds. The van der Waals surface area contributed by atoms with E-state index in [2.05, 4.69) is 10.3 Å². The highest BCUT2D eigenvalue weighted by molar-refractivity contribution is 5.93. The number of amides is 1. The van der Waals surface area contributed by atoms with Crippen LogP contribution in [-0.4, -0.2) is 24.6 Å². The van der Waals surface area contributed by atoms with Crippen molar-refractivity contribution >= 4 is 12.4 Å². The smallest absolute Gasteiger partial charge is 0.315 e. The van der Waals surface area contributed by atoms with Gasteiger partial charge in [-0.2, -0.15) is 0 Å². The second-order valence-electron chi connectivity index (χ2n) is 2.51. The molecule has 0 radical (unpaired) electrons. The molecule has 0 spiro atoms. The zero-order chi connectivity index (χ0) is 10.4. The van der Waals surface area contributed by atoms with E-state index in [1.54, 1.807) is 24.3 Å². The summed E-state index contributed by atoms with van der Waals surface area (Å²) in [6.07, 6.45) is 0. The van der Waals surface area contributed by atoms with Crippen molar-refractivity contribution in [2.24, 2.45) is 0 Å². The normalized spacial score (nSPS) is 9.57. The van der Waals surface area contributed by atoms with Crippen LogP contribution in [0.2, 0.25) is 0 Å². The second kappa shape index (κ2) is 4.98. The maximum Gasteiger partial charge on any atom is 0.315 e. The lowest BCUT2D eigenvalue weighted by Gasteiger charge is -2.13. The Bertz CT molecular complexity index is 313. The summed E-state index contributed by atoms with van der Waals surface area (Å²) in [5, 5.41) is 0.933. The van der Waals surface area contributed by atoms with Gasteiger partial charge < -0.3 is 4.84 Å². The molecule has 0 bridgehead atoms. The van der Waals surface area contributed by atoms with E-state index in [1.807, 2.05) is 6.07 Å². The van der Waals surface area contributed by atoms with Gasteiger partial charge in [-0.05, 0) is 12.1 Å². The van der Waals surface area contributed by atoms with Crippen molar-refractivity contribution in [3.63, 3.8) is 0 Å². The molecule has 5 nitrogen and oxygen atoms in total. The number of hydrazine groups is 1. The van der Waals surface area contributed by atoms with E-state index < -0.39 is 0 Å². The van der Waals surface area contributed by atoms with Crippen LogP contribution in [0.25, 0.3) is 0 Å². The molecule has 0 aliphatic heterocycles. The molecule has 0 saturated heterocycles. The van der Waals surface area contributed by atoms with E-state index in [9.17, 15) is 9.59 Å². The zero-order valence-electron chi connectivity index (χ0n) is 7.64. The van der Waals surface area contributed by atoms with E-state index in [1.165, 1.54) is 7.05 Å². The Labute approximate surface area is 81.2 Å². The minimum atomic E-state index is -0.338. The minimum absolute atomic E-state index is 0.227. The molecule has 0 heterocycles. The van der Waals surface area contributed by atoms with Gasteiger partial charge in [0.1, 0.15) is 0 Å². The second-order valence-corrected chi connectivity index (χ2v) is 2.51. The van der Waals surface area contributed by atoms with Gasteiger partial charge in [-0.1, -0.05) is 23.4 Å². The molecular weight excluding hydrogens is 184 g/mol. The summed E-state index contributed by atoms with van der Waals surface area (Å²) in [5.74, 6) is -0.338. The summed E-state index contributed by atoms with van der Waals surface area (Å²) in [6.45, 7) is 0.227. The monoisotopic (exact) mass is 194 g/mol.